The van der Waals surface area contributed by atoms with Crippen LogP contribution < -0.4 is 5.32 Å². The van der Waals surface area contributed by atoms with E-state index >= 15 is 0 Å². The van der Waals surface area contributed by atoms with Crippen molar-refractivity contribution in [2.24, 2.45) is 0 Å². The van der Waals surface area contributed by atoms with Crippen LogP contribution in [0.1, 0.15) is 44.3 Å². The summed E-state index contributed by atoms with van der Waals surface area (Å²) in [5, 5.41) is 3.33. The van der Waals surface area contributed by atoms with Crippen LogP contribution in [0.25, 0.3) is 0 Å². The van der Waals surface area contributed by atoms with Crippen LogP contribution in [-0.2, 0) is 0 Å². The van der Waals surface area contributed by atoms with Gasteiger partial charge in [0.05, 0.1) is 5.56 Å². The van der Waals surface area contributed by atoms with E-state index in [0.29, 0.717) is 29.8 Å². The van der Waals surface area contributed by atoms with Crippen molar-refractivity contribution in [1.29, 1.82) is 0 Å². The molecule has 1 N–H and O–H groups in total. The van der Waals surface area contributed by atoms with E-state index in [4.69, 9.17) is 0 Å². The smallest absolute Gasteiger partial charge is 0.254 e. The summed E-state index contributed by atoms with van der Waals surface area (Å²) in [4.78, 5) is 27.8. The van der Waals surface area contributed by atoms with Gasteiger partial charge in [-0.2, -0.15) is 0 Å². The lowest BCUT2D eigenvalue weighted by Crippen LogP contribution is -2.51. The number of nitrogens with zero attached hydrogens (tertiary/aromatic N) is 1. The van der Waals surface area contributed by atoms with Crippen molar-refractivity contribution in [2.75, 3.05) is 19.6 Å². The second-order valence-corrected chi connectivity index (χ2v) is 6.78. The molecule has 2 aromatic carbocycles. The molecule has 0 spiro atoms. The van der Waals surface area contributed by atoms with Gasteiger partial charge in [0.15, 0.2) is 5.78 Å². The monoisotopic (exact) mass is 336 g/mol. The Hall–Kier alpha value is -2.46. The third kappa shape index (κ3) is 3.64. The number of amides is 1. The van der Waals surface area contributed by atoms with E-state index in [1.807, 2.05) is 49.1 Å². The number of rotatable bonds is 3. The fourth-order valence-corrected chi connectivity index (χ4v) is 3.19. The summed E-state index contributed by atoms with van der Waals surface area (Å²) < 4.78 is 0. The molecule has 1 unspecified atom stereocenters. The normalized spacial score (nSPS) is 17.4. The first-order chi connectivity index (χ1) is 12.0. The Labute approximate surface area is 148 Å². The highest BCUT2D eigenvalue weighted by atomic mass is 16.2. The van der Waals surface area contributed by atoms with Gasteiger partial charge in [0.2, 0.25) is 0 Å². The highest BCUT2D eigenvalue weighted by Crippen LogP contribution is 2.19. The molecular weight excluding hydrogens is 312 g/mol. The predicted molar refractivity (Wildman–Crippen MR) is 99.2 cm³/mol. The molecule has 0 bridgehead atoms. The lowest BCUT2D eigenvalue weighted by atomic mass is 9.95. The Kier molecular flexibility index (Phi) is 5.00. The molecule has 4 nitrogen and oxygen atoms in total. The summed E-state index contributed by atoms with van der Waals surface area (Å²) >= 11 is 0. The summed E-state index contributed by atoms with van der Waals surface area (Å²) in [5.41, 5.74) is 3.81. The average Bonchev–Trinajstić information content (AvgIpc) is 2.63. The van der Waals surface area contributed by atoms with Crippen molar-refractivity contribution in [3.63, 3.8) is 0 Å². The maximum absolute atomic E-state index is 13.0. The number of carbonyl (C=O) groups is 2. The molecule has 1 atom stereocenters. The fourth-order valence-electron chi connectivity index (χ4n) is 3.19. The quantitative estimate of drug-likeness (QED) is 0.877. The Morgan fingerprint density at radius 3 is 2.44 bits per heavy atom. The zero-order valence-corrected chi connectivity index (χ0v) is 15.0. The lowest BCUT2D eigenvalue weighted by molar-refractivity contribution is 0.0705. The maximum Gasteiger partial charge on any atom is 0.254 e. The molecule has 1 amide bonds. The highest BCUT2D eigenvalue weighted by Gasteiger charge is 2.25. The topological polar surface area (TPSA) is 49.4 Å². The summed E-state index contributed by atoms with van der Waals surface area (Å²) in [5.74, 6) is -0.170. The summed E-state index contributed by atoms with van der Waals surface area (Å²) in [7, 11) is 0. The van der Waals surface area contributed by atoms with E-state index in [2.05, 4.69) is 12.2 Å². The zero-order chi connectivity index (χ0) is 18.0. The minimum absolute atomic E-state index is 0.0684. The maximum atomic E-state index is 13.0. The Bertz CT molecular complexity index is 813. The van der Waals surface area contributed by atoms with Crippen molar-refractivity contribution in [2.45, 2.75) is 26.8 Å². The Morgan fingerprint density at radius 1 is 1.04 bits per heavy atom. The van der Waals surface area contributed by atoms with Crippen molar-refractivity contribution < 1.29 is 9.59 Å². The molecule has 0 radical (unpaired) electrons. The number of carbonyl (C=O) groups excluding carboxylic acids is 2. The SMILES string of the molecule is Cc1ccc(C(=O)c2ccccc2C(=O)N2CCNC(C)C2)cc1C. The second-order valence-electron chi connectivity index (χ2n) is 6.78. The van der Waals surface area contributed by atoms with Crippen molar-refractivity contribution >= 4 is 11.7 Å². The van der Waals surface area contributed by atoms with Gasteiger partial charge < -0.3 is 10.2 Å². The molecule has 1 fully saturated rings. The molecule has 1 aliphatic rings. The summed E-state index contributed by atoms with van der Waals surface area (Å²) in [6.07, 6.45) is 0. The Morgan fingerprint density at radius 2 is 1.76 bits per heavy atom. The van der Waals surface area contributed by atoms with Crippen LogP contribution in [0.2, 0.25) is 0 Å². The molecule has 25 heavy (non-hydrogen) atoms. The van der Waals surface area contributed by atoms with Gasteiger partial charge in [-0.05, 0) is 44.0 Å². The second kappa shape index (κ2) is 7.19. The van der Waals surface area contributed by atoms with Crippen LogP contribution in [0, 0.1) is 13.8 Å². The molecule has 0 saturated carbocycles. The van der Waals surface area contributed by atoms with E-state index in [0.717, 1.165) is 17.7 Å². The summed E-state index contributed by atoms with van der Waals surface area (Å²) in [6, 6.07) is 13.1. The van der Waals surface area contributed by atoms with Crippen molar-refractivity contribution in [1.82, 2.24) is 10.2 Å². The first-order valence-corrected chi connectivity index (χ1v) is 8.71. The molecule has 4 heteroatoms. The van der Waals surface area contributed by atoms with Gasteiger partial charge in [-0.15, -0.1) is 0 Å². The molecule has 2 aromatic rings. The van der Waals surface area contributed by atoms with E-state index in [1.165, 1.54) is 0 Å². The minimum Gasteiger partial charge on any atom is -0.336 e. The third-order valence-corrected chi connectivity index (χ3v) is 4.83. The molecule has 3 rings (SSSR count). The van der Waals surface area contributed by atoms with E-state index in [9.17, 15) is 9.59 Å². The molecule has 0 aliphatic carbocycles. The van der Waals surface area contributed by atoms with Crippen LogP contribution in [0.4, 0.5) is 0 Å². The van der Waals surface area contributed by atoms with Gasteiger partial charge in [0.1, 0.15) is 0 Å². The van der Waals surface area contributed by atoms with Crippen molar-refractivity contribution in [3.05, 3.63) is 70.3 Å². The van der Waals surface area contributed by atoms with Crippen LogP contribution in [0.3, 0.4) is 0 Å². The van der Waals surface area contributed by atoms with E-state index < -0.39 is 0 Å². The molecule has 1 aliphatic heterocycles. The van der Waals surface area contributed by atoms with Gasteiger partial charge in [0.25, 0.3) is 5.91 Å². The van der Waals surface area contributed by atoms with Crippen LogP contribution in [0.15, 0.2) is 42.5 Å². The highest BCUT2D eigenvalue weighted by molar-refractivity contribution is 6.15. The largest absolute Gasteiger partial charge is 0.336 e. The van der Waals surface area contributed by atoms with Crippen molar-refractivity contribution in [3.8, 4) is 0 Å². The van der Waals surface area contributed by atoms with Gasteiger partial charge in [-0.1, -0.05) is 30.3 Å². The number of benzene rings is 2. The Balaban J connectivity index is 1.93. The number of piperazine rings is 1. The number of nitrogens with one attached hydrogen (secondary N) is 1. The minimum atomic E-state index is -0.102. The number of aryl methyl sites for hydroxylation is 2. The first-order valence-electron chi connectivity index (χ1n) is 8.71. The molecule has 0 aromatic heterocycles. The number of hydrogen-bond donors (Lipinski definition) is 1. The molecule has 130 valence electrons. The van der Waals surface area contributed by atoms with Gasteiger partial charge in [-0.3, -0.25) is 9.59 Å². The summed E-state index contributed by atoms with van der Waals surface area (Å²) in [6.45, 7) is 8.17. The molecule has 1 saturated heterocycles. The van der Waals surface area contributed by atoms with Crippen LogP contribution in [0.5, 0.6) is 0 Å². The molecule has 1 heterocycles. The average molecular weight is 336 g/mol. The van der Waals surface area contributed by atoms with Gasteiger partial charge in [0, 0.05) is 36.8 Å². The standard InChI is InChI=1S/C21H24N2O2/c1-14-8-9-17(12-15(14)2)20(24)18-6-4-5-7-19(18)21(25)23-11-10-22-16(3)13-23/h4-9,12,16,22H,10-11,13H2,1-3H3. The third-order valence-electron chi connectivity index (χ3n) is 4.83. The van der Waals surface area contributed by atoms with Gasteiger partial charge in [-0.25, -0.2) is 0 Å². The van der Waals surface area contributed by atoms with E-state index in [1.54, 1.807) is 12.1 Å². The number of hydrogen-bond acceptors (Lipinski definition) is 3. The zero-order valence-electron chi connectivity index (χ0n) is 15.0. The predicted octanol–water partition coefficient (Wildman–Crippen LogP) is 2.97. The number of ketones is 1. The lowest BCUT2D eigenvalue weighted by Gasteiger charge is -2.32. The fraction of sp³-hybridized carbons (Fsp3) is 0.333. The van der Waals surface area contributed by atoms with Gasteiger partial charge >= 0.3 is 0 Å². The molecular formula is C21H24N2O2. The van der Waals surface area contributed by atoms with E-state index in [-0.39, 0.29) is 17.7 Å². The van der Waals surface area contributed by atoms with Crippen LogP contribution >= 0.6 is 0 Å². The van der Waals surface area contributed by atoms with Crippen LogP contribution in [-0.4, -0.2) is 42.3 Å². The first kappa shape index (κ1) is 17.4.